The summed E-state index contributed by atoms with van der Waals surface area (Å²) in [5.74, 6) is -0.0626. The summed E-state index contributed by atoms with van der Waals surface area (Å²) in [6.45, 7) is 8.25. The first-order valence-corrected chi connectivity index (χ1v) is 9.75. The number of rotatable bonds is 5. The van der Waals surface area contributed by atoms with E-state index in [0.717, 1.165) is 60.4 Å². The fourth-order valence-corrected chi connectivity index (χ4v) is 4.14. The number of anilines is 1. The Bertz CT molecular complexity index is 754. The second-order valence-electron chi connectivity index (χ2n) is 6.22. The van der Waals surface area contributed by atoms with Gasteiger partial charge in [-0.3, -0.25) is 9.69 Å². The van der Waals surface area contributed by atoms with Crippen molar-refractivity contribution in [1.82, 2.24) is 4.90 Å². The first-order valence-electron chi connectivity index (χ1n) is 8.56. The van der Waals surface area contributed by atoms with E-state index >= 15 is 0 Å². The predicted octanol–water partition coefficient (Wildman–Crippen LogP) is 4.36. The van der Waals surface area contributed by atoms with E-state index in [9.17, 15) is 4.79 Å². The molecule has 25 heavy (non-hydrogen) atoms. The third-order valence-corrected chi connectivity index (χ3v) is 6.12. The molecule has 0 unspecified atom stereocenters. The molecule has 1 N–H and O–H groups in total. The standard InChI is InChI=1S/C19H23ClN2O2S/c1-3-17-13(2)10-18(25-17)19(23)21-15-4-5-16(20)14(11-15)12-22-6-8-24-9-7-22/h4-5,10-11H,3,6-9,12H2,1-2H3,(H,21,23). The largest absolute Gasteiger partial charge is 0.379 e. The average molecular weight is 379 g/mol. The van der Waals surface area contributed by atoms with Gasteiger partial charge in [0.25, 0.3) is 5.91 Å². The van der Waals surface area contributed by atoms with Crippen LogP contribution in [0.1, 0.15) is 32.6 Å². The van der Waals surface area contributed by atoms with Crippen LogP contribution in [0.4, 0.5) is 5.69 Å². The van der Waals surface area contributed by atoms with Gasteiger partial charge in [0.1, 0.15) is 0 Å². The fraction of sp³-hybridized carbons (Fsp3) is 0.421. The van der Waals surface area contributed by atoms with E-state index in [1.165, 1.54) is 10.4 Å². The number of hydrogen-bond donors (Lipinski definition) is 1. The first-order chi connectivity index (χ1) is 12.1. The molecule has 0 saturated carbocycles. The van der Waals surface area contributed by atoms with Crippen molar-refractivity contribution < 1.29 is 9.53 Å². The summed E-state index contributed by atoms with van der Waals surface area (Å²) in [6, 6.07) is 7.63. The number of carbonyl (C=O) groups excluding carboxylic acids is 1. The van der Waals surface area contributed by atoms with Gasteiger partial charge >= 0.3 is 0 Å². The SMILES string of the molecule is CCc1sc(C(=O)Nc2ccc(Cl)c(CN3CCOCC3)c2)cc1C. The van der Waals surface area contributed by atoms with Crippen LogP contribution in [0, 0.1) is 6.92 Å². The molecule has 6 heteroatoms. The van der Waals surface area contributed by atoms with Gasteiger partial charge in [-0.25, -0.2) is 0 Å². The van der Waals surface area contributed by atoms with Crippen molar-refractivity contribution in [2.75, 3.05) is 31.6 Å². The lowest BCUT2D eigenvalue weighted by Gasteiger charge is -2.27. The monoisotopic (exact) mass is 378 g/mol. The minimum absolute atomic E-state index is 0.0626. The lowest BCUT2D eigenvalue weighted by atomic mass is 10.1. The molecule has 1 fully saturated rings. The minimum atomic E-state index is -0.0626. The summed E-state index contributed by atoms with van der Waals surface area (Å²) in [7, 11) is 0. The molecule has 3 rings (SSSR count). The van der Waals surface area contributed by atoms with Gasteiger partial charge in [-0.05, 0) is 48.7 Å². The van der Waals surface area contributed by atoms with Gasteiger partial charge in [0, 0.05) is 35.2 Å². The van der Waals surface area contributed by atoms with Crippen molar-refractivity contribution in [3.63, 3.8) is 0 Å². The van der Waals surface area contributed by atoms with E-state index in [1.807, 2.05) is 24.3 Å². The number of nitrogens with zero attached hydrogens (tertiary/aromatic N) is 1. The number of aryl methyl sites for hydroxylation is 2. The lowest BCUT2D eigenvalue weighted by Crippen LogP contribution is -2.35. The van der Waals surface area contributed by atoms with Crippen LogP contribution < -0.4 is 5.32 Å². The molecule has 1 saturated heterocycles. The summed E-state index contributed by atoms with van der Waals surface area (Å²) in [4.78, 5) is 16.8. The maximum atomic E-state index is 12.5. The van der Waals surface area contributed by atoms with Crippen LogP contribution >= 0.6 is 22.9 Å². The molecule has 0 atom stereocenters. The third kappa shape index (κ3) is 4.61. The highest BCUT2D eigenvalue weighted by Gasteiger charge is 2.15. The first kappa shape index (κ1) is 18.4. The third-order valence-electron chi connectivity index (χ3n) is 4.37. The van der Waals surface area contributed by atoms with Gasteiger partial charge in [-0.2, -0.15) is 0 Å². The Labute approximate surface area is 157 Å². The second kappa shape index (κ2) is 8.32. The molecule has 1 aliphatic rings. The number of amides is 1. The highest BCUT2D eigenvalue weighted by molar-refractivity contribution is 7.14. The fourth-order valence-electron chi connectivity index (χ4n) is 2.95. The molecule has 1 aromatic carbocycles. The van der Waals surface area contributed by atoms with E-state index in [0.29, 0.717) is 0 Å². The molecular formula is C19H23ClN2O2S. The van der Waals surface area contributed by atoms with E-state index in [1.54, 1.807) is 11.3 Å². The van der Waals surface area contributed by atoms with Crippen molar-refractivity contribution in [1.29, 1.82) is 0 Å². The topological polar surface area (TPSA) is 41.6 Å². The number of thiophene rings is 1. The molecule has 0 spiro atoms. The van der Waals surface area contributed by atoms with Crippen LogP contribution in [0.5, 0.6) is 0 Å². The average Bonchev–Trinajstić information content (AvgIpc) is 3.00. The molecule has 2 aromatic rings. The highest BCUT2D eigenvalue weighted by Crippen LogP contribution is 2.26. The molecule has 1 aromatic heterocycles. The molecule has 0 radical (unpaired) electrons. The zero-order valence-electron chi connectivity index (χ0n) is 14.6. The lowest BCUT2D eigenvalue weighted by molar-refractivity contribution is 0.0342. The van der Waals surface area contributed by atoms with E-state index in [4.69, 9.17) is 16.3 Å². The van der Waals surface area contributed by atoms with Crippen molar-refractivity contribution in [3.05, 3.63) is 50.2 Å². The van der Waals surface area contributed by atoms with Crippen molar-refractivity contribution in [3.8, 4) is 0 Å². The Kier molecular flexibility index (Phi) is 6.12. The number of nitrogens with one attached hydrogen (secondary N) is 1. The maximum Gasteiger partial charge on any atom is 0.265 e. The molecule has 0 aliphatic carbocycles. The quantitative estimate of drug-likeness (QED) is 0.840. The Hall–Kier alpha value is -1.40. The predicted molar refractivity (Wildman–Crippen MR) is 104 cm³/mol. The smallest absolute Gasteiger partial charge is 0.265 e. The summed E-state index contributed by atoms with van der Waals surface area (Å²) in [6.07, 6.45) is 0.953. The molecule has 4 nitrogen and oxygen atoms in total. The van der Waals surface area contributed by atoms with Crippen LogP contribution in [0.15, 0.2) is 24.3 Å². The van der Waals surface area contributed by atoms with Gasteiger partial charge in [0.15, 0.2) is 0 Å². The number of ether oxygens (including phenoxy) is 1. The summed E-state index contributed by atoms with van der Waals surface area (Å²) in [5.41, 5.74) is 2.99. The zero-order chi connectivity index (χ0) is 17.8. The number of morpholine rings is 1. The molecule has 1 aliphatic heterocycles. The van der Waals surface area contributed by atoms with Crippen LogP contribution in [0.2, 0.25) is 5.02 Å². The summed E-state index contributed by atoms with van der Waals surface area (Å²) >= 11 is 7.91. The van der Waals surface area contributed by atoms with Crippen molar-refractivity contribution >= 4 is 34.5 Å². The van der Waals surface area contributed by atoms with Crippen LogP contribution in [0.25, 0.3) is 0 Å². The molecule has 134 valence electrons. The molecular weight excluding hydrogens is 356 g/mol. The van der Waals surface area contributed by atoms with Gasteiger partial charge in [0.2, 0.25) is 0 Å². The number of hydrogen-bond acceptors (Lipinski definition) is 4. The number of halogens is 1. The van der Waals surface area contributed by atoms with E-state index in [2.05, 4.69) is 24.1 Å². The van der Waals surface area contributed by atoms with Crippen molar-refractivity contribution in [2.45, 2.75) is 26.8 Å². The minimum Gasteiger partial charge on any atom is -0.379 e. The number of benzene rings is 1. The van der Waals surface area contributed by atoms with Gasteiger partial charge in [0.05, 0.1) is 18.1 Å². The van der Waals surface area contributed by atoms with E-state index in [-0.39, 0.29) is 5.91 Å². The van der Waals surface area contributed by atoms with Gasteiger partial charge in [-0.1, -0.05) is 18.5 Å². The Morgan fingerprint density at radius 3 is 2.76 bits per heavy atom. The van der Waals surface area contributed by atoms with Crippen molar-refractivity contribution in [2.24, 2.45) is 0 Å². The Morgan fingerprint density at radius 1 is 1.32 bits per heavy atom. The van der Waals surface area contributed by atoms with Crippen LogP contribution in [-0.2, 0) is 17.7 Å². The Morgan fingerprint density at radius 2 is 2.08 bits per heavy atom. The maximum absolute atomic E-state index is 12.5. The molecule has 0 bridgehead atoms. The van der Waals surface area contributed by atoms with Gasteiger partial charge < -0.3 is 10.1 Å². The zero-order valence-corrected chi connectivity index (χ0v) is 16.2. The molecule has 1 amide bonds. The Balaban J connectivity index is 1.71. The normalized spacial score (nSPS) is 15.3. The van der Waals surface area contributed by atoms with Crippen LogP contribution in [-0.4, -0.2) is 37.1 Å². The van der Waals surface area contributed by atoms with Gasteiger partial charge in [-0.15, -0.1) is 11.3 Å². The molecule has 2 heterocycles. The summed E-state index contributed by atoms with van der Waals surface area (Å²) < 4.78 is 5.38. The second-order valence-corrected chi connectivity index (χ2v) is 7.76. The van der Waals surface area contributed by atoms with E-state index < -0.39 is 0 Å². The summed E-state index contributed by atoms with van der Waals surface area (Å²) in [5, 5.41) is 3.72. The van der Waals surface area contributed by atoms with Crippen LogP contribution in [0.3, 0.4) is 0 Å². The highest BCUT2D eigenvalue weighted by atomic mass is 35.5. The number of carbonyl (C=O) groups is 1.